The second-order valence-corrected chi connectivity index (χ2v) is 3.33. The Morgan fingerprint density at radius 1 is 1.47 bits per heavy atom. The van der Waals surface area contributed by atoms with Crippen molar-refractivity contribution in [2.75, 3.05) is 6.61 Å². The summed E-state index contributed by atoms with van der Waals surface area (Å²) in [7, 11) is 0. The van der Waals surface area contributed by atoms with Gasteiger partial charge in [0.2, 0.25) is 5.78 Å². The maximum absolute atomic E-state index is 11.7. The molecule has 8 heteroatoms. The second-order valence-electron chi connectivity index (χ2n) is 3.33. The molecule has 0 aliphatic rings. The van der Waals surface area contributed by atoms with Gasteiger partial charge in [-0.15, -0.1) is 0 Å². The minimum Gasteiger partial charge on any atom is -0.461 e. The fourth-order valence-electron chi connectivity index (χ4n) is 1.17. The highest BCUT2D eigenvalue weighted by Gasteiger charge is 2.20. The van der Waals surface area contributed by atoms with Crippen LogP contribution in [0.15, 0.2) is 27.9 Å². The van der Waals surface area contributed by atoms with E-state index >= 15 is 0 Å². The number of urea groups is 1. The van der Waals surface area contributed by atoms with Crippen LogP contribution in [0, 0.1) is 0 Å². The molecule has 0 spiro atoms. The molecule has 0 unspecified atom stereocenters. The van der Waals surface area contributed by atoms with Gasteiger partial charge in [0.15, 0.2) is 11.5 Å². The van der Waals surface area contributed by atoms with Crippen LogP contribution in [0.2, 0.25) is 0 Å². The van der Waals surface area contributed by atoms with E-state index in [1.165, 1.54) is 18.4 Å². The van der Waals surface area contributed by atoms with E-state index in [1.54, 1.807) is 6.92 Å². The van der Waals surface area contributed by atoms with Crippen molar-refractivity contribution in [1.29, 1.82) is 0 Å². The molecule has 2 amide bonds. The first kappa shape index (κ1) is 14.4. The second kappa shape index (κ2) is 6.94. The summed E-state index contributed by atoms with van der Waals surface area (Å²) < 4.78 is 9.60. The molecular weight excluding hydrogens is 254 g/mol. The number of hydrogen-bond donors (Lipinski definition) is 2. The molecule has 0 atom stereocenters. The SMILES string of the molecule is CCOC(=O)C(CC(=O)c1ccco1)=NNC(N)=O. The lowest BCUT2D eigenvalue weighted by Gasteiger charge is -2.04. The third-order valence-electron chi connectivity index (χ3n) is 1.94. The van der Waals surface area contributed by atoms with E-state index in [0.29, 0.717) is 0 Å². The van der Waals surface area contributed by atoms with Crippen LogP contribution in [0.3, 0.4) is 0 Å². The normalized spacial score (nSPS) is 10.9. The summed E-state index contributed by atoms with van der Waals surface area (Å²) in [5, 5.41) is 3.45. The van der Waals surface area contributed by atoms with Crippen LogP contribution >= 0.6 is 0 Å². The van der Waals surface area contributed by atoms with Gasteiger partial charge in [0.25, 0.3) is 0 Å². The number of nitrogens with one attached hydrogen (secondary N) is 1. The first-order valence-corrected chi connectivity index (χ1v) is 5.40. The highest BCUT2D eigenvalue weighted by molar-refractivity contribution is 6.40. The first-order chi connectivity index (χ1) is 9.04. The Morgan fingerprint density at radius 2 is 2.21 bits per heavy atom. The number of nitrogens with two attached hydrogens (primary N) is 1. The van der Waals surface area contributed by atoms with E-state index in [1.807, 2.05) is 5.43 Å². The average molecular weight is 267 g/mol. The van der Waals surface area contributed by atoms with Gasteiger partial charge in [-0.05, 0) is 19.1 Å². The molecule has 0 saturated carbocycles. The molecule has 0 aliphatic carbocycles. The van der Waals surface area contributed by atoms with Gasteiger partial charge >= 0.3 is 12.0 Å². The Kier molecular flexibility index (Phi) is 5.27. The van der Waals surface area contributed by atoms with Crippen molar-refractivity contribution in [3.05, 3.63) is 24.2 Å². The Balaban J connectivity index is 2.79. The number of ketones is 1. The van der Waals surface area contributed by atoms with Gasteiger partial charge in [0.1, 0.15) is 0 Å². The highest BCUT2D eigenvalue weighted by atomic mass is 16.5. The van der Waals surface area contributed by atoms with Gasteiger partial charge in [-0.2, -0.15) is 5.10 Å². The van der Waals surface area contributed by atoms with Crippen molar-refractivity contribution in [2.24, 2.45) is 10.8 Å². The number of primary amides is 1. The largest absolute Gasteiger partial charge is 0.461 e. The summed E-state index contributed by atoms with van der Waals surface area (Å²) in [6.45, 7) is 1.72. The summed E-state index contributed by atoms with van der Waals surface area (Å²) >= 11 is 0. The van der Waals surface area contributed by atoms with Gasteiger partial charge in [-0.25, -0.2) is 15.0 Å². The number of Topliss-reactive ketones (excluding diaryl/α,β-unsaturated/α-hetero) is 1. The molecule has 0 aliphatic heterocycles. The van der Waals surface area contributed by atoms with Crippen molar-refractivity contribution in [1.82, 2.24) is 5.43 Å². The van der Waals surface area contributed by atoms with E-state index in [-0.39, 0.29) is 24.5 Å². The number of rotatable bonds is 6. The van der Waals surface area contributed by atoms with E-state index in [9.17, 15) is 14.4 Å². The van der Waals surface area contributed by atoms with Gasteiger partial charge in [0, 0.05) is 0 Å². The molecule has 0 aromatic carbocycles. The van der Waals surface area contributed by atoms with E-state index in [0.717, 1.165) is 0 Å². The van der Waals surface area contributed by atoms with Crippen molar-refractivity contribution < 1.29 is 23.5 Å². The summed E-state index contributed by atoms with van der Waals surface area (Å²) in [4.78, 5) is 33.8. The topological polar surface area (TPSA) is 124 Å². The highest BCUT2D eigenvalue weighted by Crippen LogP contribution is 2.05. The zero-order valence-corrected chi connectivity index (χ0v) is 10.2. The number of furan rings is 1. The Labute approximate surface area is 108 Å². The zero-order valence-electron chi connectivity index (χ0n) is 10.2. The quantitative estimate of drug-likeness (QED) is 0.335. The van der Waals surface area contributed by atoms with E-state index < -0.39 is 17.8 Å². The number of hydrazone groups is 1. The number of nitrogens with zero attached hydrogens (tertiary/aromatic N) is 1. The molecular formula is C11H13N3O5. The van der Waals surface area contributed by atoms with Crippen LogP contribution in [0.25, 0.3) is 0 Å². The van der Waals surface area contributed by atoms with Crippen LogP contribution in [0.1, 0.15) is 23.9 Å². The van der Waals surface area contributed by atoms with Crippen molar-refractivity contribution in [3.63, 3.8) is 0 Å². The number of ether oxygens (including phenoxy) is 1. The minimum absolute atomic E-state index is 0.0797. The van der Waals surface area contributed by atoms with Gasteiger partial charge < -0.3 is 14.9 Å². The molecule has 3 N–H and O–H groups in total. The van der Waals surface area contributed by atoms with E-state index in [2.05, 4.69) is 5.10 Å². The van der Waals surface area contributed by atoms with Crippen molar-refractivity contribution >= 4 is 23.5 Å². The number of carbonyl (C=O) groups excluding carboxylic acids is 3. The molecule has 19 heavy (non-hydrogen) atoms. The summed E-state index contributed by atoms with van der Waals surface area (Å²) in [6.07, 6.45) is 0.961. The Bertz CT molecular complexity index is 492. The predicted molar refractivity (Wildman–Crippen MR) is 64.4 cm³/mol. The Hall–Kier alpha value is -2.64. The van der Waals surface area contributed by atoms with Crippen molar-refractivity contribution in [2.45, 2.75) is 13.3 Å². The molecule has 0 fully saturated rings. The maximum atomic E-state index is 11.7. The standard InChI is InChI=1S/C11H13N3O5/c1-2-18-10(16)7(13-14-11(12)17)6-8(15)9-4-3-5-19-9/h3-5H,2,6H2,1H3,(H3,12,14,17). The lowest BCUT2D eigenvalue weighted by atomic mass is 10.1. The third kappa shape index (κ3) is 4.62. The molecule has 8 nitrogen and oxygen atoms in total. The lowest BCUT2D eigenvalue weighted by Crippen LogP contribution is -2.29. The molecule has 0 bridgehead atoms. The molecule has 1 aromatic rings. The fourth-order valence-corrected chi connectivity index (χ4v) is 1.17. The summed E-state index contributed by atoms with van der Waals surface area (Å²) in [5.41, 5.74) is 6.44. The number of amides is 2. The molecule has 0 radical (unpaired) electrons. The van der Waals surface area contributed by atoms with Crippen LogP contribution in [0.5, 0.6) is 0 Å². The number of hydrogen-bond acceptors (Lipinski definition) is 6. The van der Waals surface area contributed by atoms with Gasteiger partial charge in [-0.3, -0.25) is 4.79 Å². The minimum atomic E-state index is -0.952. The monoisotopic (exact) mass is 267 g/mol. The van der Waals surface area contributed by atoms with Crippen LogP contribution in [0.4, 0.5) is 4.79 Å². The molecule has 1 aromatic heterocycles. The van der Waals surface area contributed by atoms with Crippen LogP contribution < -0.4 is 11.2 Å². The van der Waals surface area contributed by atoms with Crippen LogP contribution in [-0.4, -0.2) is 30.1 Å². The molecule has 1 heterocycles. The summed E-state index contributed by atoms with van der Waals surface area (Å²) in [6, 6.07) is 2.04. The number of carbonyl (C=O) groups is 3. The van der Waals surface area contributed by atoms with Gasteiger partial charge in [-0.1, -0.05) is 0 Å². The zero-order chi connectivity index (χ0) is 14.3. The van der Waals surface area contributed by atoms with Crippen LogP contribution in [-0.2, 0) is 9.53 Å². The first-order valence-electron chi connectivity index (χ1n) is 5.40. The smallest absolute Gasteiger partial charge is 0.354 e. The average Bonchev–Trinajstić information content (AvgIpc) is 2.88. The molecule has 1 rings (SSSR count). The fraction of sp³-hybridized carbons (Fsp3) is 0.273. The molecule has 102 valence electrons. The molecule has 0 saturated heterocycles. The van der Waals surface area contributed by atoms with Gasteiger partial charge in [0.05, 0.1) is 19.3 Å². The number of esters is 1. The lowest BCUT2D eigenvalue weighted by molar-refractivity contribution is -0.135. The van der Waals surface area contributed by atoms with Crippen molar-refractivity contribution in [3.8, 4) is 0 Å². The summed E-state index contributed by atoms with van der Waals surface area (Å²) in [5.74, 6) is -1.20. The van der Waals surface area contributed by atoms with E-state index in [4.69, 9.17) is 14.9 Å². The maximum Gasteiger partial charge on any atom is 0.354 e. The third-order valence-corrected chi connectivity index (χ3v) is 1.94. The predicted octanol–water partition coefficient (Wildman–Crippen LogP) is 0.440. The Morgan fingerprint density at radius 3 is 2.74 bits per heavy atom.